The summed E-state index contributed by atoms with van der Waals surface area (Å²) in [7, 11) is -3.71. The maximum absolute atomic E-state index is 13.2. The first-order valence-electron chi connectivity index (χ1n) is 12.2. The lowest BCUT2D eigenvalue weighted by Gasteiger charge is -2.44. The number of nitrogens with one attached hydrogen (secondary N) is 1. The summed E-state index contributed by atoms with van der Waals surface area (Å²) in [6, 6.07) is 11.1. The van der Waals surface area contributed by atoms with Gasteiger partial charge in [-0.2, -0.15) is 0 Å². The SMILES string of the molecule is CCCS(=O)(=O)NC(=O)Cc1cc(Cl)ccc1OCC(=O)N1CC(C)N(Cc2ccc(F)cc2)CC1C. The summed E-state index contributed by atoms with van der Waals surface area (Å²) >= 11 is 6.08. The zero-order valence-corrected chi connectivity index (χ0v) is 22.8. The van der Waals surface area contributed by atoms with Gasteiger partial charge in [0.15, 0.2) is 6.61 Å². The minimum Gasteiger partial charge on any atom is -0.483 e. The fourth-order valence-corrected chi connectivity index (χ4v) is 5.60. The highest BCUT2D eigenvalue weighted by Crippen LogP contribution is 2.24. The molecule has 3 rings (SSSR count). The number of carbonyl (C=O) groups is 2. The molecule has 1 heterocycles. The molecule has 11 heteroatoms. The number of rotatable bonds is 10. The largest absolute Gasteiger partial charge is 0.483 e. The van der Waals surface area contributed by atoms with E-state index in [1.807, 2.05) is 18.6 Å². The molecule has 8 nitrogen and oxygen atoms in total. The standard InChI is InChI=1S/C26H33ClFN3O5S/c1-4-11-37(34,35)29-25(32)13-21-12-22(27)7-10-24(21)36-17-26(33)31-15-18(2)30(14-19(31)3)16-20-5-8-23(28)9-6-20/h5-10,12,18-19H,4,11,13-17H2,1-3H3,(H,29,32). The Morgan fingerprint density at radius 3 is 2.49 bits per heavy atom. The lowest BCUT2D eigenvalue weighted by molar-refractivity contribution is -0.139. The fraction of sp³-hybridized carbons (Fsp3) is 0.462. The summed E-state index contributed by atoms with van der Waals surface area (Å²) in [5.41, 5.74) is 1.39. The Bertz CT molecular complexity index is 1210. The van der Waals surface area contributed by atoms with E-state index in [1.54, 1.807) is 36.1 Å². The van der Waals surface area contributed by atoms with Crippen LogP contribution in [0, 0.1) is 5.82 Å². The van der Waals surface area contributed by atoms with Crippen molar-refractivity contribution in [2.45, 2.75) is 52.2 Å². The molecule has 0 aliphatic carbocycles. The van der Waals surface area contributed by atoms with Crippen molar-refractivity contribution in [3.05, 3.63) is 64.4 Å². The lowest BCUT2D eigenvalue weighted by Crippen LogP contribution is -2.58. The van der Waals surface area contributed by atoms with Crippen molar-refractivity contribution >= 4 is 33.4 Å². The molecule has 2 aromatic carbocycles. The molecule has 0 saturated carbocycles. The van der Waals surface area contributed by atoms with Crippen molar-refractivity contribution < 1.29 is 27.1 Å². The first-order chi connectivity index (χ1) is 17.5. The zero-order chi connectivity index (χ0) is 27.2. The van der Waals surface area contributed by atoms with Gasteiger partial charge in [0, 0.05) is 42.3 Å². The minimum atomic E-state index is -3.71. The van der Waals surface area contributed by atoms with E-state index in [-0.39, 0.29) is 48.3 Å². The number of hydrogen-bond acceptors (Lipinski definition) is 6. The quantitative estimate of drug-likeness (QED) is 0.484. The molecule has 1 fully saturated rings. The van der Waals surface area contributed by atoms with Crippen LogP contribution in [0.3, 0.4) is 0 Å². The maximum Gasteiger partial charge on any atom is 0.260 e. The third-order valence-electron chi connectivity index (χ3n) is 6.20. The van der Waals surface area contributed by atoms with E-state index in [1.165, 1.54) is 18.2 Å². The van der Waals surface area contributed by atoms with Gasteiger partial charge in [0.05, 0.1) is 12.2 Å². The van der Waals surface area contributed by atoms with Crippen LogP contribution in [0.25, 0.3) is 0 Å². The van der Waals surface area contributed by atoms with Gasteiger partial charge < -0.3 is 9.64 Å². The number of carbonyl (C=O) groups excluding carboxylic acids is 2. The molecule has 0 radical (unpaired) electrons. The zero-order valence-electron chi connectivity index (χ0n) is 21.2. The van der Waals surface area contributed by atoms with Gasteiger partial charge in [-0.25, -0.2) is 12.8 Å². The second kappa shape index (κ2) is 12.7. The molecule has 0 spiro atoms. The Kier molecular flexibility index (Phi) is 9.92. The monoisotopic (exact) mass is 553 g/mol. The van der Waals surface area contributed by atoms with Crippen molar-refractivity contribution in [2.75, 3.05) is 25.4 Å². The first-order valence-corrected chi connectivity index (χ1v) is 14.2. The molecule has 2 aromatic rings. The molecule has 1 aliphatic rings. The average Bonchev–Trinajstić information content (AvgIpc) is 2.81. The molecule has 1 N–H and O–H groups in total. The van der Waals surface area contributed by atoms with E-state index < -0.39 is 15.9 Å². The van der Waals surface area contributed by atoms with Gasteiger partial charge in [-0.15, -0.1) is 0 Å². The van der Waals surface area contributed by atoms with Gasteiger partial charge in [-0.1, -0.05) is 30.7 Å². The molecular weight excluding hydrogens is 521 g/mol. The molecule has 2 amide bonds. The minimum absolute atomic E-state index is 0.0630. The molecule has 2 unspecified atom stereocenters. The molecule has 37 heavy (non-hydrogen) atoms. The van der Waals surface area contributed by atoms with Crippen molar-refractivity contribution in [1.29, 1.82) is 0 Å². The normalized spacial score (nSPS) is 18.5. The van der Waals surface area contributed by atoms with E-state index >= 15 is 0 Å². The Labute approximate surface area is 222 Å². The predicted molar refractivity (Wildman–Crippen MR) is 140 cm³/mol. The summed E-state index contributed by atoms with van der Waals surface area (Å²) in [6.45, 7) is 7.30. The highest BCUT2D eigenvalue weighted by atomic mass is 35.5. The van der Waals surface area contributed by atoms with Crippen LogP contribution in [-0.4, -0.2) is 67.6 Å². The van der Waals surface area contributed by atoms with E-state index in [2.05, 4.69) is 4.90 Å². The summed E-state index contributed by atoms with van der Waals surface area (Å²) < 4.78 is 44.9. The van der Waals surface area contributed by atoms with Gasteiger partial charge in [0.1, 0.15) is 11.6 Å². The van der Waals surface area contributed by atoms with Gasteiger partial charge in [0.25, 0.3) is 5.91 Å². The van der Waals surface area contributed by atoms with E-state index in [9.17, 15) is 22.4 Å². The number of halogens is 2. The number of benzene rings is 2. The van der Waals surface area contributed by atoms with Crippen LogP contribution in [-0.2, 0) is 32.6 Å². The van der Waals surface area contributed by atoms with E-state index in [4.69, 9.17) is 16.3 Å². The molecule has 202 valence electrons. The van der Waals surface area contributed by atoms with Crippen LogP contribution < -0.4 is 9.46 Å². The Morgan fingerprint density at radius 2 is 1.81 bits per heavy atom. The summed E-state index contributed by atoms with van der Waals surface area (Å²) in [6.07, 6.45) is 0.121. The molecule has 2 atom stereocenters. The Morgan fingerprint density at radius 1 is 1.11 bits per heavy atom. The highest BCUT2D eigenvalue weighted by molar-refractivity contribution is 7.90. The third kappa shape index (κ3) is 8.41. The molecule has 0 bridgehead atoms. The van der Waals surface area contributed by atoms with Gasteiger partial charge in [0.2, 0.25) is 15.9 Å². The van der Waals surface area contributed by atoms with Crippen LogP contribution in [0.1, 0.15) is 38.3 Å². The van der Waals surface area contributed by atoms with Crippen molar-refractivity contribution in [1.82, 2.24) is 14.5 Å². The Hall–Kier alpha value is -2.69. The average molecular weight is 554 g/mol. The highest BCUT2D eigenvalue weighted by Gasteiger charge is 2.32. The summed E-state index contributed by atoms with van der Waals surface area (Å²) in [5.74, 6) is -1.04. The molecule has 0 aromatic heterocycles. The fourth-order valence-electron chi connectivity index (χ4n) is 4.34. The van der Waals surface area contributed by atoms with Crippen molar-refractivity contribution in [3.8, 4) is 5.75 Å². The molecular formula is C26H33ClFN3O5S. The van der Waals surface area contributed by atoms with Crippen molar-refractivity contribution in [3.63, 3.8) is 0 Å². The maximum atomic E-state index is 13.2. The van der Waals surface area contributed by atoms with Crippen LogP contribution >= 0.6 is 11.6 Å². The van der Waals surface area contributed by atoms with Crippen LogP contribution in [0.5, 0.6) is 5.75 Å². The van der Waals surface area contributed by atoms with E-state index in [0.717, 1.165) is 5.56 Å². The topological polar surface area (TPSA) is 96.0 Å². The smallest absolute Gasteiger partial charge is 0.260 e. The number of amides is 2. The van der Waals surface area contributed by atoms with Crippen molar-refractivity contribution in [2.24, 2.45) is 0 Å². The third-order valence-corrected chi connectivity index (χ3v) is 7.92. The number of nitrogens with zero attached hydrogens (tertiary/aromatic N) is 2. The Balaban J connectivity index is 1.60. The second-order valence-electron chi connectivity index (χ2n) is 9.36. The van der Waals surface area contributed by atoms with Gasteiger partial charge in [-0.3, -0.25) is 19.2 Å². The summed E-state index contributed by atoms with van der Waals surface area (Å²) in [5, 5.41) is 0.359. The van der Waals surface area contributed by atoms with Crippen LogP contribution in [0.4, 0.5) is 4.39 Å². The van der Waals surface area contributed by atoms with Gasteiger partial charge >= 0.3 is 0 Å². The number of sulfonamides is 1. The number of ether oxygens (including phenoxy) is 1. The summed E-state index contributed by atoms with van der Waals surface area (Å²) in [4.78, 5) is 29.4. The van der Waals surface area contributed by atoms with Gasteiger partial charge in [-0.05, 0) is 56.2 Å². The molecule has 1 saturated heterocycles. The second-order valence-corrected chi connectivity index (χ2v) is 11.6. The van der Waals surface area contributed by atoms with Crippen LogP contribution in [0.15, 0.2) is 42.5 Å². The number of hydrogen-bond donors (Lipinski definition) is 1. The number of piperazine rings is 1. The van der Waals surface area contributed by atoms with Crippen LogP contribution in [0.2, 0.25) is 5.02 Å². The predicted octanol–water partition coefficient (Wildman–Crippen LogP) is 3.38. The van der Waals surface area contributed by atoms with E-state index in [0.29, 0.717) is 36.6 Å². The molecule has 1 aliphatic heterocycles. The lowest BCUT2D eigenvalue weighted by atomic mass is 10.1. The first kappa shape index (κ1) is 28.9.